The van der Waals surface area contributed by atoms with Gasteiger partial charge in [-0.25, -0.2) is 13.8 Å². The maximum absolute atomic E-state index is 13.3. The van der Waals surface area contributed by atoms with Crippen molar-refractivity contribution in [3.8, 4) is 0 Å². The highest BCUT2D eigenvalue weighted by molar-refractivity contribution is 7.09. The van der Waals surface area contributed by atoms with Crippen molar-refractivity contribution in [2.75, 3.05) is 13.1 Å². The van der Waals surface area contributed by atoms with Crippen molar-refractivity contribution in [1.82, 2.24) is 15.2 Å². The molecule has 2 aromatic carbocycles. The number of benzene rings is 2. The molecule has 9 heteroatoms. The monoisotopic (exact) mass is 489 g/mol. The van der Waals surface area contributed by atoms with Crippen LogP contribution in [0.25, 0.3) is 0 Å². The molecule has 4 rings (SSSR count). The number of aromatic nitrogens is 1. The molecule has 172 valence electrons. The molecule has 2 heterocycles. The lowest BCUT2D eigenvalue weighted by molar-refractivity contribution is -0.131. The van der Waals surface area contributed by atoms with Crippen LogP contribution in [0.1, 0.15) is 45.4 Å². The molecule has 0 radical (unpaired) electrons. The number of piperidine rings is 1. The lowest BCUT2D eigenvalue weighted by atomic mass is 9.97. The Kier molecular flexibility index (Phi) is 7.35. The number of likely N-dealkylation sites (tertiary alicyclic amines) is 1. The third-order valence-corrected chi connectivity index (χ3v) is 6.95. The minimum Gasteiger partial charge on any atom is -0.347 e. The van der Waals surface area contributed by atoms with Gasteiger partial charge < -0.3 is 10.2 Å². The van der Waals surface area contributed by atoms with Crippen LogP contribution in [0.2, 0.25) is 5.02 Å². The Morgan fingerprint density at radius 1 is 1.09 bits per heavy atom. The van der Waals surface area contributed by atoms with E-state index in [4.69, 9.17) is 11.6 Å². The zero-order valence-corrected chi connectivity index (χ0v) is 19.3. The number of hydrogen-bond acceptors (Lipinski definition) is 4. The maximum Gasteiger partial charge on any atom is 0.271 e. The van der Waals surface area contributed by atoms with Crippen LogP contribution in [0.15, 0.2) is 47.8 Å². The quantitative estimate of drug-likeness (QED) is 0.532. The van der Waals surface area contributed by atoms with Crippen LogP contribution in [0, 0.1) is 11.6 Å². The van der Waals surface area contributed by atoms with Crippen molar-refractivity contribution < 1.29 is 18.4 Å². The first-order chi connectivity index (χ1) is 15.9. The van der Waals surface area contributed by atoms with E-state index in [1.807, 2.05) is 4.90 Å². The number of carbonyl (C=O) groups is 2. The Bertz CT molecular complexity index is 1140. The lowest BCUT2D eigenvalue weighted by Crippen LogP contribution is -2.38. The summed E-state index contributed by atoms with van der Waals surface area (Å²) in [6.45, 7) is 1.47. The summed E-state index contributed by atoms with van der Waals surface area (Å²) < 4.78 is 26.3. The molecule has 0 aliphatic carbocycles. The van der Waals surface area contributed by atoms with Crippen LogP contribution in [-0.4, -0.2) is 34.8 Å². The fourth-order valence-electron chi connectivity index (χ4n) is 3.77. The van der Waals surface area contributed by atoms with Crippen molar-refractivity contribution in [3.63, 3.8) is 0 Å². The van der Waals surface area contributed by atoms with Gasteiger partial charge in [-0.15, -0.1) is 11.3 Å². The standard InChI is InChI=1S/C24H22ClF2N3O2S/c25-19-11-16(3-6-20(19)27)13-28-23(32)21-14-33-24(29-21)17-7-9-30(10-8-17)22(31)12-15-1-4-18(26)5-2-15/h1-6,11,14,17H,7-10,12-13H2,(H,28,32). The van der Waals surface area contributed by atoms with E-state index in [0.717, 1.165) is 23.4 Å². The van der Waals surface area contributed by atoms with Crippen molar-refractivity contribution in [3.05, 3.63) is 86.3 Å². The predicted octanol–water partition coefficient (Wildman–Crippen LogP) is 4.95. The van der Waals surface area contributed by atoms with Gasteiger partial charge in [-0.2, -0.15) is 0 Å². The maximum atomic E-state index is 13.3. The molecule has 0 unspecified atom stereocenters. The zero-order valence-electron chi connectivity index (χ0n) is 17.7. The van der Waals surface area contributed by atoms with Gasteiger partial charge in [0.25, 0.3) is 5.91 Å². The van der Waals surface area contributed by atoms with Crippen LogP contribution in [0.4, 0.5) is 8.78 Å². The van der Waals surface area contributed by atoms with Gasteiger partial charge in [0.2, 0.25) is 5.91 Å². The number of nitrogens with zero attached hydrogens (tertiary/aromatic N) is 2. The van der Waals surface area contributed by atoms with E-state index >= 15 is 0 Å². The van der Waals surface area contributed by atoms with Crippen LogP contribution in [-0.2, 0) is 17.8 Å². The van der Waals surface area contributed by atoms with Crippen molar-refractivity contribution in [1.29, 1.82) is 0 Å². The summed E-state index contributed by atoms with van der Waals surface area (Å²) in [5.74, 6) is -0.894. The number of hydrogen-bond donors (Lipinski definition) is 1. The molecule has 3 aromatic rings. The van der Waals surface area contributed by atoms with E-state index in [-0.39, 0.29) is 41.5 Å². The second kappa shape index (κ2) is 10.4. The van der Waals surface area contributed by atoms with Crippen molar-refractivity contribution >= 4 is 34.8 Å². The van der Waals surface area contributed by atoms with E-state index in [2.05, 4.69) is 10.3 Å². The van der Waals surface area contributed by atoms with E-state index in [1.54, 1.807) is 23.6 Å². The number of amides is 2. The Hall–Kier alpha value is -2.84. The first-order valence-corrected chi connectivity index (χ1v) is 11.8. The molecule has 0 saturated carbocycles. The van der Waals surface area contributed by atoms with Crippen molar-refractivity contribution in [2.45, 2.75) is 31.7 Å². The summed E-state index contributed by atoms with van der Waals surface area (Å²) in [7, 11) is 0. The van der Waals surface area contributed by atoms with Crippen molar-refractivity contribution in [2.24, 2.45) is 0 Å². The predicted molar refractivity (Wildman–Crippen MR) is 123 cm³/mol. The molecule has 1 aliphatic heterocycles. The van der Waals surface area contributed by atoms with E-state index in [9.17, 15) is 18.4 Å². The summed E-state index contributed by atoms with van der Waals surface area (Å²) >= 11 is 7.22. The second-order valence-electron chi connectivity index (χ2n) is 7.96. The smallest absolute Gasteiger partial charge is 0.271 e. The fraction of sp³-hybridized carbons (Fsp3) is 0.292. The largest absolute Gasteiger partial charge is 0.347 e. The lowest BCUT2D eigenvalue weighted by Gasteiger charge is -2.31. The van der Waals surface area contributed by atoms with Crippen LogP contribution in [0.3, 0.4) is 0 Å². The Balaban J connectivity index is 1.27. The van der Waals surface area contributed by atoms with Gasteiger partial charge in [0.15, 0.2) is 0 Å². The number of halogens is 3. The highest BCUT2D eigenvalue weighted by Gasteiger charge is 2.26. The molecule has 0 atom stereocenters. The molecular formula is C24H22ClF2N3O2S. The fourth-order valence-corrected chi connectivity index (χ4v) is 4.94. The Labute approximate surface area is 199 Å². The number of nitrogens with one attached hydrogen (secondary N) is 1. The third kappa shape index (κ3) is 5.94. The number of carbonyl (C=O) groups excluding carboxylic acids is 2. The summed E-state index contributed by atoms with van der Waals surface area (Å²) in [6, 6.07) is 10.3. The Morgan fingerprint density at radius 3 is 2.48 bits per heavy atom. The number of thiazole rings is 1. The minimum absolute atomic E-state index is 0.0141. The van der Waals surface area contributed by atoms with Crippen LogP contribution >= 0.6 is 22.9 Å². The topological polar surface area (TPSA) is 62.3 Å². The van der Waals surface area contributed by atoms with E-state index < -0.39 is 5.82 Å². The molecule has 1 aromatic heterocycles. The minimum atomic E-state index is -0.501. The van der Waals surface area contributed by atoms with Gasteiger partial charge in [-0.3, -0.25) is 9.59 Å². The normalized spacial score (nSPS) is 14.3. The SMILES string of the molecule is O=C(NCc1ccc(F)c(Cl)c1)c1csc(C2CCN(C(=O)Cc3ccc(F)cc3)CC2)n1. The third-order valence-electron chi connectivity index (χ3n) is 5.66. The first-order valence-electron chi connectivity index (χ1n) is 10.6. The molecular weight excluding hydrogens is 468 g/mol. The molecule has 0 bridgehead atoms. The molecule has 1 saturated heterocycles. The summed E-state index contributed by atoms with van der Waals surface area (Å²) in [5.41, 5.74) is 1.84. The molecule has 33 heavy (non-hydrogen) atoms. The van der Waals surface area contributed by atoms with Crippen LogP contribution in [0.5, 0.6) is 0 Å². The summed E-state index contributed by atoms with van der Waals surface area (Å²) in [4.78, 5) is 31.3. The molecule has 1 fully saturated rings. The second-order valence-corrected chi connectivity index (χ2v) is 9.26. The van der Waals surface area contributed by atoms with Gasteiger partial charge in [0, 0.05) is 30.9 Å². The molecule has 1 aliphatic rings. The van der Waals surface area contributed by atoms with Gasteiger partial charge >= 0.3 is 0 Å². The molecule has 2 amide bonds. The van der Waals surface area contributed by atoms with E-state index in [1.165, 1.54) is 35.6 Å². The highest BCUT2D eigenvalue weighted by atomic mass is 35.5. The van der Waals surface area contributed by atoms with Gasteiger partial charge in [0.1, 0.15) is 17.3 Å². The molecule has 1 N–H and O–H groups in total. The van der Waals surface area contributed by atoms with Gasteiger partial charge in [0.05, 0.1) is 16.5 Å². The number of rotatable bonds is 6. The zero-order chi connectivity index (χ0) is 23.4. The summed E-state index contributed by atoms with van der Waals surface area (Å²) in [6.07, 6.45) is 1.81. The first kappa shape index (κ1) is 23.3. The Morgan fingerprint density at radius 2 is 1.79 bits per heavy atom. The van der Waals surface area contributed by atoms with Gasteiger partial charge in [-0.05, 0) is 48.2 Å². The average Bonchev–Trinajstić information content (AvgIpc) is 3.32. The summed E-state index contributed by atoms with van der Waals surface area (Å²) in [5, 5.41) is 5.40. The van der Waals surface area contributed by atoms with Gasteiger partial charge in [-0.1, -0.05) is 29.8 Å². The average molecular weight is 490 g/mol. The highest BCUT2D eigenvalue weighted by Crippen LogP contribution is 2.30. The van der Waals surface area contributed by atoms with E-state index in [0.29, 0.717) is 24.3 Å². The molecule has 0 spiro atoms. The molecule has 5 nitrogen and oxygen atoms in total. The van der Waals surface area contributed by atoms with Crippen LogP contribution < -0.4 is 5.32 Å².